The highest BCUT2D eigenvalue weighted by atomic mass is 16.6. The highest BCUT2D eigenvalue weighted by Crippen LogP contribution is 2.36. The predicted octanol–water partition coefficient (Wildman–Crippen LogP) is 5.45. The summed E-state index contributed by atoms with van der Waals surface area (Å²) in [6.45, 7) is 12.9. The number of carbonyl (C=O) groups is 3. The summed E-state index contributed by atoms with van der Waals surface area (Å²) in [4.78, 5) is 41.6. The number of nitrogens with zero attached hydrogens (tertiary/aromatic N) is 1. The van der Waals surface area contributed by atoms with E-state index in [0.29, 0.717) is 0 Å². The van der Waals surface area contributed by atoms with E-state index in [2.05, 4.69) is 17.6 Å². The first-order chi connectivity index (χ1) is 16.9. The number of alkyl carbamates (subject to hydrolysis) is 1. The van der Waals surface area contributed by atoms with Crippen molar-refractivity contribution >= 4 is 23.6 Å². The Morgan fingerprint density at radius 1 is 1.03 bits per heavy atom. The van der Waals surface area contributed by atoms with Crippen molar-refractivity contribution in [2.24, 2.45) is 0 Å². The minimum absolute atomic E-state index is 0.0695. The second kappa shape index (κ2) is 11.1. The molecular weight excluding hydrogens is 454 g/mol. The molecule has 2 aromatic carbocycles. The quantitative estimate of drug-likeness (QED) is 0.512. The smallest absolute Gasteiger partial charge is 0.408 e. The van der Waals surface area contributed by atoms with E-state index in [1.165, 1.54) is 0 Å². The van der Waals surface area contributed by atoms with E-state index in [1.807, 2.05) is 56.3 Å². The molecule has 1 fully saturated rings. The van der Waals surface area contributed by atoms with Gasteiger partial charge in [0.05, 0.1) is 0 Å². The maximum Gasteiger partial charge on any atom is 0.408 e. The zero-order valence-corrected chi connectivity index (χ0v) is 22.5. The summed E-state index contributed by atoms with van der Waals surface area (Å²) in [6, 6.07) is 11.9. The van der Waals surface area contributed by atoms with Gasteiger partial charge in [0.2, 0.25) is 5.91 Å². The molecule has 7 nitrogen and oxygen atoms in total. The molecule has 194 valence electrons. The van der Waals surface area contributed by atoms with Gasteiger partial charge in [0.1, 0.15) is 17.7 Å². The summed E-state index contributed by atoms with van der Waals surface area (Å²) in [6.07, 6.45) is 1.83. The molecule has 3 rings (SSSR count). The molecule has 0 aliphatic heterocycles. The van der Waals surface area contributed by atoms with Crippen molar-refractivity contribution in [3.8, 4) is 0 Å². The third-order valence-corrected chi connectivity index (χ3v) is 6.26. The van der Waals surface area contributed by atoms with E-state index in [1.54, 1.807) is 32.6 Å². The molecule has 0 heterocycles. The number of para-hydroxylation sites is 1. The monoisotopic (exact) mass is 493 g/mol. The van der Waals surface area contributed by atoms with E-state index in [-0.39, 0.29) is 17.9 Å². The number of nitrogens with one attached hydrogen (secondary N) is 2. The Kier molecular flexibility index (Phi) is 8.43. The minimum Gasteiger partial charge on any atom is -0.444 e. The summed E-state index contributed by atoms with van der Waals surface area (Å²) >= 11 is 0. The largest absolute Gasteiger partial charge is 0.444 e. The summed E-state index contributed by atoms with van der Waals surface area (Å²) in [5.74, 6) is -0.592. The standard InChI is InChI=1S/C29H39N3O4/c1-8-21-12-14-22(15-13-21)25(26(33)31-24-18(2)10-9-11-19(24)3)32(23-16-17-23)27(34)20(4)30-28(35)36-29(5,6)7/h9-15,20,23,25H,8,16-17H2,1-7H3,(H,30,35)(H,31,33). The van der Waals surface area contributed by atoms with Gasteiger partial charge < -0.3 is 20.3 Å². The van der Waals surface area contributed by atoms with Crippen molar-refractivity contribution in [3.05, 3.63) is 64.7 Å². The molecule has 3 amide bonds. The van der Waals surface area contributed by atoms with E-state index in [0.717, 1.165) is 47.2 Å². The van der Waals surface area contributed by atoms with Crippen LogP contribution in [0.25, 0.3) is 0 Å². The van der Waals surface area contributed by atoms with E-state index in [9.17, 15) is 14.4 Å². The van der Waals surface area contributed by atoms with Gasteiger partial charge in [0.15, 0.2) is 0 Å². The zero-order chi connectivity index (χ0) is 26.6. The first-order valence-electron chi connectivity index (χ1n) is 12.7. The van der Waals surface area contributed by atoms with Crippen molar-refractivity contribution < 1.29 is 19.1 Å². The van der Waals surface area contributed by atoms with Crippen molar-refractivity contribution in [1.29, 1.82) is 0 Å². The summed E-state index contributed by atoms with van der Waals surface area (Å²) in [7, 11) is 0. The van der Waals surface area contributed by atoms with E-state index >= 15 is 0 Å². The highest BCUT2D eigenvalue weighted by Gasteiger charge is 2.43. The lowest BCUT2D eigenvalue weighted by Crippen LogP contribution is -2.52. The molecule has 36 heavy (non-hydrogen) atoms. The van der Waals surface area contributed by atoms with E-state index in [4.69, 9.17) is 4.74 Å². The maximum absolute atomic E-state index is 13.9. The Labute approximate surface area is 214 Å². The van der Waals surface area contributed by atoms with Gasteiger partial charge in [-0.05, 0) is 83.1 Å². The Balaban J connectivity index is 1.95. The van der Waals surface area contributed by atoms with Crippen LogP contribution in [0.5, 0.6) is 0 Å². The fraction of sp³-hybridized carbons (Fsp3) is 0.483. The Morgan fingerprint density at radius 3 is 2.11 bits per heavy atom. The molecule has 2 aromatic rings. The predicted molar refractivity (Wildman–Crippen MR) is 142 cm³/mol. The number of anilines is 1. The molecule has 0 aromatic heterocycles. The third kappa shape index (κ3) is 6.86. The third-order valence-electron chi connectivity index (χ3n) is 6.26. The average molecular weight is 494 g/mol. The molecule has 1 aliphatic carbocycles. The fourth-order valence-electron chi connectivity index (χ4n) is 4.22. The van der Waals surface area contributed by atoms with Crippen LogP contribution in [0.1, 0.15) is 75.8 Å². The average Bonchev–Trinajstić information content (AvgIpc) is 3.63. The number of ether oxygens (including phenoxy) is 1. The molecule has 0 spiro atoms. The molecular formula is C29H39N3O4. The number of rotatable bonds is 8. The van der Waals surface area contributed by atoms with Gasteiger partial charge in [-0.1, -0.05) is 49.4 Å². The van der Waals surface area contributed by atoms with Crippen molar-refractivity contribution in [2.75, 3.05) is 5.32 Å². The Hall–Kier alpha value is -3.35. The van der Waals surface area contributed by atoms with Gasteiger partial charge in [-0.15, -0.1) is 0 Å². The first kappa shape index (κ1) is 27.2. The number of benzene rings is 2. The van der Waals surface area contributed by atoms with Crippen molar-refractivity contribution in [2.45, 2.75) is 91.5 Å². The fourth-order valence-corrected chi connectivity index (χ4v) is 4.22. The molecule has 0 radical (unpaired) electrons. The zero-order valence-electron chi connectivity index (χ0n) is 22.5. The van der Waals surface area contributed by atoms with Crippen LogP contribution in [-0.4, -0.2) is 40.5 Å². The van der Waals surface area contributed by atoms with Crippen LogP contribution in [-0.2, 0) is 20.7 Å². The van der Waals surface area contributed by atoms with Gasteiger partial charge in [0, 0.05) is 11.7 Å². The number of hydrogen-bond acceptors (Lipinski definition) is 4. The van der Waals surface area contributed by atoms with Gasteiger partial charge >= 0.3 is 6.09 Å². The maximum atomic E-state index is 13.9. The van der Waals surface area contributed by atoms with Crippen LogP contribution >= 0.6 is 0 Å². The molecule has 2 N–H and O–H groups in total. The number of amides is 3. The van der Waals surface area contributed by atoms with Crippen LogP contribution in [0.3, 0.4) is 0 Å². The lowest BCUT2D eigenvalue weighted by Gasteiger charge is -2.34. The Bertz CT molecular complexity index is 1080. The van der Waals surface area contributed by atoms with Crippen LogP contribution < -0.4 is 10.6 Å². The number of carbonyl (C=O) groups excluding carboxylic acids is 3. The second-order valence-corrected chi connectivity index (χ2v) is 10.6. The molecule has 7 heteroatoms. The molecule has 0 bridgehead atoms. The number of aryl methyl sites for hydroxylation is 3. The first-order valence-corrected chi connectivity index (χ1v) is 12.7. The second-order valence-electron chi connectivity index (χ2n) is 10.6. The van der Waals surface area contributed by atoms with Crippen LogP contribution in [0.4, 0.5) is 10.5 Å². The van der Waals surface area contributed by atoms with Crippen LogP contribution in [0.2, 0.25) is 0 Å². The minimum atomic E-state index is -0.856. The normalized spacial score (nSPS) is 15.0. The van der Waals surface area contributed by atoms with Gasteiger partial charge in [0.25, 0.3) is 5.91 Å². The molecule has 2 atom stereocenters. The van der Waals surface area contributed by atoms with Gasteiger partial charge in [-0.2, -0.15) is 0 Å². The summed E-state index contributed by atoms with van der Waals surface area (Å²) in [5, 5.41) is 5.74. The van der Waals surface area contributed by atoms with Crippen LogP contribution in [0, 0.1) is 13.8 Å². The molecule has 1 saturated carbocycles. The van der Waals surface area contributed by atoms with E-state index < -0.39 is 23.8 Å². The van der Waals surface area contributed by atoms with Crippen molar-refractivity contribution in [1.82, 2.24) is 10.2 Å². The molecule has 0 saturated heterocycles. The Morgan fingerprint density at radius 2 is 1.61 bits per heavy atom. The lowest BCUT2D eigenvalue weighted by molar-refractivity contribution is -0.141. The lowest BCUT2D eigenvalue weighted by atomic mass is 9.99. The van der Waals surface area contributed by atoms with Crippen molar-refractivity contribution in [3.63, 3.8) is 0 Å². The van der Waals surface area contributed by atoms with Gasteiger partial charge in [-0.25, -0.2) is 4.79 Å². The summed E-state index contributed by atoms with van der Waals surface area (Å²) in [5.41, 5.74) is 3.86. The number of hydrogen-bond donors (Lipinski definition) is 2. The SMILES string of the molecule is CCc1ccc(C(C(=O)Nc2c(C)cccc2C)N(C(=O)C(C)NC(=O)OC(C)(C)C)C2CC2)cc1. The summed E-state index contributed by atoms with van der Waals surface area (Å²) < 4.78 is 5.34. The molecule has 2 unspecified atom stereocenters. The van der Waals surface area contributed by atoms with Gasteiger partial charge in [-0.3, -0.25) is 9.59 Å². The topological polar surface area (TPSA) is 87.7 Å². The van der Waals surface area contributed by atoms with Crippen LogP contribution in [0.15, 0.2) is 42.5 Å². The molecule has 1 aliphatic rings. The highest BCUT2D eigenvalue weighted by molar-refractivity contribution is 6.00.